The number of carbonyl (C=O) groups is 1. The molecule has 3 nitrogen and oxygen atoms in total. The zero-order valence-corrected chi connectivity index (χ0v) is 11.5. The van der Waals surface area contributed by atoms with E-state index in [0.29, 0.717) is 6.54 Å². The normalized spacial score (nSPS) is 19.2. The number of anilines is 1. The van der Waals surface area contributed by atoms with Crippen molar-refractivity contribution in [2.45, 2.75) is 17.1 Å². The Morgan fingerprint density at radius 1 is 1.56 bits per heavy atom. The molecule has 0 aliphatic carbocycles. The fourth-order valence-corrected chi connectivity index (χ4v) is 3.72. The van der Waals surface area contributed by atoms with Gasteiger partial charge in [0.1, 0.15) is 5.25 Å². The predicted molar refractivity (Wildman–Crippen MR) is 71.1 cm³/mol. The van der Waals surface area contributed by atoms with Crippen molar-refractivity contribution in [2.24, 2.45) is 0 Å². The van der Waals surface area contributed by atoms with Crippen LogP contribution in [0.3, 0.4) is 0 Å². The van der Waals surface area contributed by atoms with Crippen molar-refractivity contribution in [2.75, 3.05) is 18.9 Å². The third-order valence-electron chi connectivity index (χ3n) is 2.40. The van der Waals surface area contributed by atoms with Crippen LogP contribution in [-0.2, 0) is 4.79 Å². The van der Waals surface area contributed by atoms with Crippen LogP contribution in [0.1, 0.15) is 5.56 Å². The van der Waals surface area contributed by atoms with Gasteiger partial charge in [0.15, 0.2) is 0 Å². The predicted octanol–water partition coefficient (Wildman–Crippen LogP) is 2.39. The van der Waals surface area contributed by atoms with Crippen LogP contribution in [0.2, 0.25) is 0 Å². The number of halogens is 1. The monoisotopic (exact) mass is 300 g/mol. The topological polar surface area (TPSA) is 41.1 Å². The first-order valence-electron chi connectivity index (χ1n) is 5.04. The molecule has 1 unspecified atom stereocenters. The van der Waals surface area contributed by atoms with Crippen LogP contribution in [-0.4, -0.2) is 24.7 Å². The first kappa shape index (κ1) is 12.0. The van der Waals surface area contributed by atoms with Gasteiger partial charge < -0.3 is 10.6 Å². The van der Waals surface area contributed by atoms with Crippen molar-refractivity contribution in [1.29, 1.82) is 0 Å². The average molecular weight is 301 g/mol. The van der Waals surface area contributed by atoms with E-state index >= 15 is 0 Å². The molecule has 1 amide bonds. The summed E-state index contributed by atoms with van der Waals surface area (Å²) in [6.07, 6.45) is 0. The quantitative estimate of drug-likeness (QED) is 0.881. The van der Waals surface area contributed by atoms with Crippen LogP contribution >= 0.6 is 27.7 Å². The number of amides is 1. The summed E-state index contributed by atoms with van der Waals surface area (Å²) in [5, 5.41) is 5.93. The second-order valence-corrected chi connectivity index (χ2v) is 5.87. The third kappa shape index (κ3) is 2.26. The number of aryl methyl sites for hydroxylation is 1. The summed E-state index contributed by atoms with van der Waals surface area (Å²) in [5.74, 6) is 0.0661. The summed E-state index contributed by atoms with van der Waals surface area (Å²) in [4.78, 5) is 12.9. The van der Waals surface area contributed by atoms with E-state index in [0.717, 1.165) is 15.1 Å². The molecular weight excluding hydrogens is 288 g/mol. The maximum atomic E-state index is 11.8. The highest BCUT2D eigenvalue weighted by atomic mass is 79.9. The molecule has 86 valence electrons. The molecule has 1 aromatic carbocycles. The summed E-state index contributed by atoms with van der Waals surface area (Å²) in [6, 6.07) is 4.12. The smallest absolute Gasteiger partial charge is 0.239 e. The standard InChI is InChI=1S/C11H13BrN2OS/c1-6-3-7(12)10-8(4-6)16-9(5-13-2)11(15)14-10/h3-4,9,13H,5H2,1-2H3,(H,14,15). The van der Waals surface area contributed by atoms with Crippen LogP contribution < -0.4 is 10.6 Å². The van der Waals surface area contributed by atoms with Crippen LogP contribution in [0.5, 0.6) is 0 Å². The highest BCUT2D eigenvalue weighted by Gasteiger charge is 2.27. The number of benzene rings is 1. The van der Waals surface area contributed by atoms with Gasteiger partial charge in [-0.2, -0.15) is 0 Å². The van der Waals surface area contributed by atoms with Gasteiger partial charge in [-0.25, -0.2) is 0 Å². The van der Waals surface area contributed by atoms with Gasteiger partial charge >= 0.3 is 0 Å². The van der Waals surface area contributed by atoms with Gasteiger partial charge in [0, 0.05) is 15.9 Å². The molecule has 0 aromatic heterocycles. The molecule has 0 fully saturated rings. The van der Waals surface area contributed by atoms with Gasteiger partial charge in [-0.15, -0.1) is 11.8 Å². The molecule has 0 saturated heterocycles. The number of fused-ring (bicyclic) bond motifs is 1. The van der Waals surface area contributed by atoms with Gasteiger partial charge in [-0.1, -0.05) is 0 Å². The third-order valence-corrected chi connectivity index (χ3v) is 4.26. The molecule has 2 rings (SSSR count). The molecule has 16 heavy (non-hydrogen) atoms. The summed E-state index contributed by atoms with van der Waals surface area (Å²) in [7, 11) is 1.86. The van der Waals surface area contributed by atoms with Crippen molar-refractivity contribution >= 4 is 39.3 Å². The van der Waals surface area contributed by atoms with E-state index in [1.165, 1.54) is 5.56 Å². The molecule has 1 atom stereocenters. The number of nitrogens with one attached hydrogen (secondary N) is 2. The number of thioether (sulfide) groups is 1. The molecule has 1 aliphatic heterocycles. The second kappa shape index (κ2) is 4.77. The molecule has 1 aromatic rings. The van der Waals surface area contributed by atoms with E-state index in [9.17, 15) is 4.79 Å². The molecule has 5 heteroatoms. The minimum Gasteiger partial charge on any atom is -0.323 e. The maximum absolute atomic E-state index is 11.8. The van der Waals surface area contributed by atoms with Crippen molar-refractivity contribution in [3.05, 3.63) is 22.2 Å². The van der Waals surface area contributed by atoms with E-state index in [-0.39, 0.29) is 11.2 Å². The Morgan fingerprint density at radius 2 is 2.31 bits per heavy atom. The summed E-state index contributed by atoms with van der Waals surface area (Å²) >= 11 is 5.09. The van der Waals surface area contributed by atoms with Gasteiger partial charge in [-0.05, 0) is 47.6 Å². The molecule has 2 N–H and O–H groups in total. The SMILES string of the molecule is CNCC1Sc2cc(C)cc(Br)c2NC1=O. The van der Waals surface area contributed by atoms with E-state index in [1.54, 1.807) is 11.8 Å². The van der Waals surface area contributed by atoms with Gasteiger partial charge in [0.25, 0.3) is 0 Å². The first-order valence-corrected chi connectivity index (χ1v) is 6.71. The van der Waals surface area contributed by atoms with E-state index in [4.69, 9.17) is 0 Å². The lowest BCUT2D eigenvalue weighted by atomic mass is 10.2. The van der Waals surface area contributed by atoms with Gasteiger partial charge in [0.05, 0.1) is 5.69 Å². The fraction of sp³-hybridized carbons (Fsp3) is 0.364. The Kier molecular flexibility index (Phi) is 3.56. The molecule has 0 saturated carbocycles. The highest BCUT2D eigenvalue weighted by molar-refractivity contribution is 9.10. The molecule has 0 spiro atoms. The second-order valence-electron chi connectivity index (χ2n) is 3.77. The lowest BCUT2D eigenvalue weighted by molar-refractivity contribution is -0.115. The Balaban J connectivity index is 2.35. The van der Waals surface area contributed by atoms with Crippen molar-refractivity contribution in [1.82, 2.24) is 5.32 Å². The van der Waals surface area contributed by atoms with E-state index < -0.39 is 0 Å². The average Bonchev–Trinajstić information content (AvgIpc) is 2.21. The summed E-state index contributed by atoms with van der Waals surface area (Å²) in [5.41, 5.74) is 2.09. The minimum absolute atomic E-state index is 0.0498. The first-order chi connectivity index (χ1) is 7.61. The molecular formula is C11H13BrN2OS. The molecule has 1 aliphatic rings. The molecule has 1 heterocycles. The zero-order valence-electron chi connectivity index (χ0n) is 9.13. The van der Waals surface area contributed by atoms with Crippen LogP contribution in [0.15, 0.2) is 21.5 Å². The fourth-order valence-electron chi connectivity index (χ4n) is 1.65. The number of hydrogen-bond acceptors (Lipinski definition) is 3. The van der Waals surface area contributed by atoms with Crippen molar-refractivity contribution in [3.8, 4) is 0 Å². The maximum Gasteiger partial charge on any atom is 0.239 e. The van der Waals surface area contributed by atoms with Crippen molar-refractivity contribution < 1.29 is 4.79 Å². The number of hydrogen-bond donors (Lipinski definition) is 2. The van der Waals surface area contributed by atoms with Crippen LogP contribution in [0, 0.1) is 6.92 Å². The highest BCUT2D eigenvalue weighted by Crippen LogP contribution is 2.40. The molecule has 0 radical (unpaired) electrons. The van der Waals surface area contributed by atoms with Gasteiger partial charge in [-0.3, -0.25) is 4.79 Å². The molecule has 0 bridgehead atoms. The Bertz CT molecular complexity index is 436. The minimum atomic E-state index is -0.0498. The van der Waals surface area contributed by atoms with E-state index in [2.05, 4.69) is 39.6 Å². The Hall–Kier alpha value is -0.520. The lowest BCUT2D eigenvalue weighted by Crippen LogP contribution is -2.36. The van der Waals surface area contributed by atoms with E-state index in [1.807, 2.05) is 13.1 Å². The number of rotatable bonds is 2. The largest absolute Gasteiger partial charge is 0.323 e. The van der Waals surface area contributed by atoms with Gasteiger partial charge in [0.2, 0.25) is 5.91 Å². The Morgan fingerprint density at radius 3 is 3.00 bits per heavy atom. The lowest BCUT2D eigenvalue weighted by Gasteiger charge is -2.25. The number of carbonyl (C=O) groups excluding carboxylic acids is 1. The summed E-state index contributed by atoms with van der Waals surface area (Å²) < 4.78 is 0.950. The zero-order chi connectivity index (χ0) is 11.7. The van der Waals surface area contributed by atoms with Crippen molar-refractivity contribution in [3.63, 3.8) is 0 Å². The van der Waals surface area contributed by atoms with Crippen LogP contribution in [0.25, 0.3) is 0 Å². The summed E-state index contributed by atoms with van der Waals surface area (Å²) in [6.45, 7) is 2.73. The Labute approximate surface area is 108 Å². The van der Waals surface area contributed by atoms with Crippen LogP contribution in [0.4, 0.5) is 5.69 Å².